The van der Waals surface area contributed by atoms with Gasteiger partial charge < -0.3 is 10.0 Å². The monoisotopic (exact) mass is 394 g/mol. The molecule has 0 bridgehead atoms. The highest BCUT2D eigenvalue weighted by molar-refractivity contribution is 6.23. The Hall–Kier alpha value is -3.48. The summed E-state index contributed by atoms with van der Waals surface area (Å²) in [6.07, 6.45) is -0.143. The summed E-state index contributed by atoms with van der Waals surface area (Å²) in [7, 11) is 0. The second-order valence-electron chi connectivity index (χ2n) is 6.84. The third-order valence-electron chi connectivity index (χ3n) is 4.87. The number of carbonyl (C=O) groups is 4. The number of carboxylic acid groups (broad SMARTS) is 1. The highest BCUT2D eigenvalue weighted by atomic mass is 16.4. The normalized spacial score (nSPS) is 16.1. The molecule has 1 aliphatic heterocycles. The lowest BCUT2D eigenvalue weighted by Crippen LogP contribution is -2.46. The van der Waals surface area contributed by atoms with Crippen LogP contribution in [0.1, 0.15) is 24.8 Å². The van der Waals surface area contributed by atoms with E-state index < -0.39 is 23.8 Å². The average molecular weight is 394 g/mol. The van der Waals surface area contributed by atoms with Gasteiger partial charge in [-0.15, -0.1) is 0 Å². The Morgan fingerprint density at radius 3 is 2.21 bits per heavy atom. The van der Waals surface area contributed by atoms with Crippen LogP contribution in [0.15, 0.2) is 60.7 Å². The molecule has 1 fully saturated rings. The predicted octanol–water partition coefficient (Wildman–Crippen LogP) is 2.25. The average Bonchev–Trinajstić information content (AvgIpc) is 3.02. The first-order valence-electron chi connectivity index (χ1n) is 9.44. The molecule has 1 saturated heterocycles. The molecule has 1 atom stereocenters. The minimum absolute atomic E-state index is 0.110. The van der Waals surface area contributed by atoms with Crippen molar-refractivity contribution < 1.29 is 24.3 Å². The van der Waals surface area contributed by atoms with E-state index in [9.17, 15) is 19.2 Å². The first-order valence-corrected chi connectivity index (χ1v) is 9.44. The van der Waals surface area contributed by atoms with Gasteiger partial charge in [-0.3, -0.25) is 19.2 Å². The van der Waals surface area contributed by atoms with Gasteiger partial charge in [-0.25, -0.2) is 4.90 Å². The number of nitrogens with zero attached hydrogens (tertiary/aromatic N) is 2. The molecule has 7 heteroatoms. The van der Waals surface area contributed by atoms with Crippen molar-refractivity contribution in [1.29, 1.82) is 0 Å². The molecule has 150 valence electrons. The van der Waals surface area contributed by atoms with Crippen molar-refractivity contribution in [3.8, 4) is 0 Å². The molecule has 0 aromatic heterocycles. The maximum Gasteiger partial charge on any atom is 0.303 e. The molecule has 2 aromatic carbocycles. The molecule has 1 unspecified atom stereocenters. The minimum atomic E-state index is -1.08. The van der Waals surface area contributed by atoms with Crippen LogP contribution in [0.2, 0.25) is 0 Å². The van der Waals surface area contributed by atoms with Crippen molar-refractivity contribution in [2.24, 2.45) is 0 Å². The number of rotatable bonds is 8. The summed E-state index contributed by atoms with van der Waals surface area (Å²) in [5.41, 5.74) is 1.45. The topological polar surface area (TPSA) is 95.0 Å². The number of carboxylic acids is 1. The zero-order valence-corrected chi connectivity index (χ0v) is 15.9. The third kappa shape index (κ3) is 4.87. The van der Waals surface area contributed by atoms with Gasteiger partial charge >= 0.3 is 5.97 Å². The Morgan fingerprint density at radius 2 is 1.59 bits per heavy atom. The van der Waals surface area contributed by atoms with E-state index in [1.165, 1.54) is 4.90 Å². The number of imide groups is 1. The molecule has 0 aliphatic carbocycles. The smallest absolute Gasteiger partial charge is 0.303 e. The van der Waals surface area contributed by atoms with Crippen LogP contribution in [0.25, 0.3) is 0 Å². The van der Waals surface area contributed by atoms with E-state index in [4.69, 9.17) is 5.11 Å². The molecule has 1 heterocycles. The molecule has 29 heavy (non-hydrogen) atoms. The Kier molecular flexibility index (Phi) is 6.39. The van der Waals surface area contributed by atoms with Crippen molar-refractivity contribution in [2.45, 2.75) is 31.7 Å². The summed E-state index contributed by atoms with van der Waals surface area (Å²) in [5.74, 6) is -2.36. The molecule has 3 rings (SSSR count). The van der Waals surface area contributed by atoms with Gasteiger partial charge in [0.05, 0.1) is 18.5 Å². The van der Waals surface area contributed by atoms with Gasteiger partial charge in [0.25, 0.3) is 5.91 Å². The van der Waals surface area contributed by atoms with E-state index in [-0.39, 0.29) is 31.7 Å². The first-order chi connectivity index (χ1) is 14.0. The van der Waals surface area contributed by atoms with Gasteiger partial charge in [0.1, 0.15) is 6.04 Å². The summed E-state index contributed by atoms with van der Waals surface area (Å²) >= 11 is 0. The summed E-state index contributed by atoms with van der Waals surface area (Å²) < 4.78 is 0. The second kappa shape index (κ2) is 9.14. The zero-order valence-electron chi connectivity index (χ0n) is 15.9. The Bertz CT molecular complexity index is 898. The predicted molar refractivity (Wildman–Crippen MR) is 106 cm³/mol. The molecule has 1 aliphatic rings. The summed E-state index contributed by atoms with van der Waals surface area (Å²) in [4.78, 5) is 51.6. The molecule has 3 amide bonds. The number of amides is 3. The Labute approximate surface area is 168 Å². The fourth-order valence-electron chi connectivity index (χ4n) is 3.41. The SMILES string of the molecule is O=C(O)CCC(=O)N(CCc1ccccc1)C1CC(=O)N(c2ccccc2)C1=O. The highest BCUT2D eigenvalue weighted by Gasteiger charge is 2.44. The number of benzene rings is 2. The van der Waals surface area contributed by atoms with Gasteiger partial charge in [-0.1, -0.05) is 48.5 Å². The number of anilines is 1. The van der Waals surface area contributed by atoms with Crippen LogP contribution in [-0.2, 0) is 25.6 Å². The minimum Gasteiger partial charge on any atom is -0.481 e. The summed E-state index contributed by atoms with van der Waals surface area (Å²) in [6, 6.07) is 17.1. The van der Waals surface area contributed by atoms with E-state index in [1.54, 1.807) is 30.3 Å². The van der Waals surface area contributed by atoms with E-state index >= 15 is 0 Å². The molecular formula is C22H22N2O5. The maximum absolute atomic E-state index is 13.0. The number of para-hydroxylation sites is 1. The third-order valence-corrected chi connectivity index (χ3v) is 4.87. The van der Waals surface area contributed by atoms with Crippen LogP contribution < -0.4 is 4.90 Å². The fraction of sp³-hybridized carbons (Fsp3) is 0.273. The van der Waals surface area contributed by atoms with Crippen molar-refractivity contribution in [3.63, 3.8) is 0 Å². The molecule has 1 N–H and O–H groups in total. The zero-order chi connectivity index (χ0) is 20.8. The van der Waals surface area contributed by atoms with Crippen LogP contribution in [0.4, 0.5) is 5.69 Å². The number of hydrogen-bond acceptors (Lipinski definition) is 4. The molecular weight excluding hydrogens is 372 g/mol. The van der Waals surface area contributed by atoms with Crippen LogP contribution in [0.3, 0.4) is 0 Å². The number of carbonyl (C=O) groups excluding carboxylic acids is 3. The fourth-order valence-corrected chi connectivity index (χ4v) is 3.41. The Morgan fingerprint density at radius 1 is 0.966 bits per heavy atom. The van der Waals surface area contributed by atoms with E-state index in [0.29, 0.717) is 12.1 Å². The number of hydrogen-bond donors (Lipinski definition) is 1. The van der Waals surface area contributed by atoms with Crippen LogP contribution >= 0.6 is 0 Å². The maximum atomic E-state index is 13.0. The van der Waals surface area contributed by atoms with Crippen molar-refractivity contribution >= 4 is 29.4 Å². The molecule has 0 spiro atoms. The van der Waals surface area contributed by atoms with E-state index in [1.807, 2.05) is 30.3 Å². The lowest BCUT2D eigenvalue weighted by molar-refractivity contribution is -0.143. The van der Waals surface area contributed by atoms with E-state index in [0.717, 1.165) is 10.5 Å². The second-order valence-corrected chi connectivity index (χ2v) is 6.84. The highest BCUT2D eigenvalue weighted by Crippen LogP contribution is 2.26. The van der Waals surface area contributed by atoms with Crippen LogP contribution in [-0.4, -0.2) is 46.3 Å². The van der Waals surface area contributed by atoms with Gasteiger partial charge in [-0.2, -0.15) is 0 Å². The molecule has 0 saturated carbocycles. The standard InChI is InChI=1S/C22H22N2O5/c25-19(11-12-21(27)28)23(14-13-16-7-3-1-4-8-16)18-15-20(26)24(22(18)29)17-9-5-2-6-10-17/h1-10,18H,11-15H2,(H,27,28). The van der Waals surface area contributed by atoms with Crippen molar-refractivity contribution in [2.75, 3.05) is 11.4 Å². The first kappa shape index (κ1) is 20.3. The summed E-state index contributed by atoms with van der Waals surface area (Å²) in [6.45, 7) is 0.231. The largest absolute Gasteiger partial charge is 0.481 e. The van der Waals surface area contributed by atoms with Crippen LogP contribution in [0, 0.1) is 0 Å². The quantitative estimate of drug-likeness (QED) is 0.693. The molecule has 2 aromatic rings. The molecule has 7 nitrogen and oxygen atoms in total. The van der Waals surface area contributed by atoms with Gasteiger partial charge in [0, 0.05) is 13.0 Å². The van der Waals surface area contributed by atoms with Gasteiger partial charge in [0.15, 0.2) is 0 Å². The van der Waals surface area contributed by atoms with E-state index in [2.05, 4.69) is 0 Å². The lowest BCUT2D eigenvalue weighted by Gasteiger charge is -2.27. The van der Waals surface area contributed by atoms with Gasteiger partial charge in [-0.05, 0) is 24.1 Å². The van der Waals surface area contributed by atoms with Gasteiger partial charge in [0.2, 0.25) is 11.8 Å². The van der Waals surface area contributed by atoms with Crippen LogP contribution in [0.5, 0.6) is 0 Å². The number of aliphatic carboxylic acids is 1. The van der Waals surface area contributed by atoms with Crippen molar-refractivity contribution in [3.05, 3.63) is 66.2 Å². The summed E-state index contributed by atoms with van der Waals surface area (Å²) in [5, 5.41) is 8.90. The Balaban J connectivity index is 1.80. The van der Waals surface area contributed by atoms with Crippen molar-refractivity contribution in [1.82, 2.24) is 4.90 Å². The molecule has 0 radical (unpaired) electrons. The lowest BCUT2D eigenvalue weighted by atomic mass is 10.1.